The molecule has 2 nitrogen and oxygen atoms in total. The maximum Gasteiger partial charge on any atom is 0.149 e. The minimum absolute atomic E-state index is 0.101. The van der Waals surface area contributed by atoms with Crippen molar-refractivity contribution in [2.24, 2.45) is 0 Å². The summed E-state index contributed by atoms with van der Waals surface area (Å²) in [5.41, 5.74) is 0.822. The van der Waals surface area contributed by atoms with Crippen LogP contribution in [-0.4, -0.2) is 6.61 Å². The Hall–Kier alpha value is -2.10. The normalized spacial score (nSPS) is 10.3. The summed E-state index contributed by atoms with van der Waals surface area (Å²) in [6, 6.07) is 11.2. The maximum absolute atomic E-state index is 13.4. The minimum Gasteiger partial charge on any atom is -0.494 e. The fourth-order valence-corrected chi connectivity index (χ4v) is 1.73. The van der Waals surface area contributed by atoms with Crippen LogP contribution < -0.4 is 10.1 Å². The van der Waals surface area contributed by atoms with E-state index in [1.165, 1.54) is 18.2 Å². The topological polar surface area (TPSA) is 21.3 Å². The van der Waals surface area contributed by atoms with E-state index in [0.29, 0.717) is 13.2 Å². The van der Waals surface area contributed by atoms with Crippen LogP contribution in [0.5, 0.6) is 5.75 Å². The summed E-state index contributed by atoms with van der Waals surface area (Å²) in [5, 5.41) is 2.76. The van der Waals surface area contributed by atoms with E-state index in [9.17, 15) is 8.78 Å². The Morgan fingerprint density at radius 3 is 2.21 bits per heavy atom. The molecule has 0 amide bonds. The molecule has 19 heavy (non-hydrogen) atoms. The van der Waals surface area contributed by atoms with Gasteiger partial charge in [0, 0.05) is 6.54 Å². The monoisotopic (exact) mass is 263 g/mol. The van der Waals surface area contributed by atoms with Gasteiger partial charge in [0.25, 0.3) is 0 Å². The molecule has 1 N–H and O–H groups in total. The van der Waals surface area contributed by atoms with Gasteiger partial charge in [-0.15, -0.1) is 0 Å². The quantitative estimate of drug-likeness (QED) is 0.881. The number of ether oxygens (including phenoxy) is 1. The molecule has 100 valence electrons. The van der Waals surface area contributed by atoms with Crippen molar-refractivity contribution in [1.29, 1.82) is 0 Å². The molecule has 0 aliphatic carbocycles. The second-order valence-electron chi connectivity index (χ2n) is 4.03. The Bertz CT molecular complexity index is 520. The smallest absolute Gasteiger partial charge is 0.149 e. The lowest BCUT2D eigenvalue weighted by molar-refractivity contribution is 0.340. The SMILES string of the molecule is CCOc1ccc(CNc2c(F)cccc2F)cc1. The van der Waals surface area contributed by atoms with Gasteiger partial charge in [-0.1, -0.05) is 18.2 Å². The Kier molecular flexibility index (Phi) is 4.34. The van der Waals surface area contributed by atoms with E-state index in [-0.39, 0.29) is 5.69 Å². The van der Waals surface area contributed by atoms with Crippen LogP contribution in [0, 0.1) is 11.6 Å². The zero-order valence-corrected chi connectivity index (χ0v) is 10.6. The van der Waals surface area contributed by atoms with Crippen molar-refractivity contribution in [3.8, 4) is 5.75 Å². The Morgan fingerprint density at radius 1 is 1.00 bits per heavy atom. The molecule has 0 bridgehead atoms. The molecule has 0 saturated carbocycles. The van der Waals surface area contributed by atoms with Crippen LogP contribution in [0.4, 0.5) is 14.5 Å². The van der Waals surface area contributed by atoms with E-state index < -0.39 is 11.6 Å². The number of nitrogens with one attached hydrogen (secondary N) is 1. The molecule has 0 spiro atoms. The van der Waals surface area contributed by atoms with E-state index in [4.69, 9.17) is 4.74 Å². The second kappa shape index (κ2) is 6.18. The van der Waals surface area contributed by atoms with Crippen LogP contribution in [0.2, 0.25) is 0 Å². The van der Waals surface area contributed by atoms with Gasteiger partial charge in [-0.25, -0.2) is 8.78 Å². The van der Waals surface area contributed by atoms with Gasteiger partial charge in [-0.3, -0.25) is 0 Å². The fourth-order valence-electron chi connectivity index (χ4n) is 1.73. The molecule has 0 atom stereocenters. The average molecular weight is 263 g/mol. The predicted molar refractivity (Wildman–Crippen MR) is 71.3 cm³/mol. The first-order valence-corrected chi connectivity index (χ1v) is 6.10. The molecule has 0 heterocycles. The predicted octanol–water partition coefficient (Wildman–Crippen LogP) is 3.98. The van der Waals surface area contributed by atoms with E-state index in [0.717, 1.165) is 11.3 Å². The third kappa shape index (κ3) is 3.44. The lowest BCUT2D eigenvalue weighted by Gasteiger charge is -2.09. The van der Waals surface area contributed by atoms with Gasteiger partial charge in [0.1, 0.15) is 23.1 Å². The molecule has 0 fully saturated rings. The number of benzene rings is 2. The third-order valence-corrected chi connectivity index (χ3v) is 2.67. The van der Waals surface area contributed by atoms with Crippen molar-refractivity contribution in [2.75, 3.05) is 11.9 Å². The van der Waals surface area contributed by atoms with Crippen molar-refractivity contribution in [3.63, 3.8) is 0 Å². The highest BCUT2D eigenvalue weighted by Crippen LogP contribution is 2.19. The number of rotatable bonds is 5. The minimum atomic E-state index is -0.592. The van der Waals surface area contributed by atoms with Gasteiger partial charge in [0.2, 0.25) is 0 Å². The van der Waals surface area contributed by atoms with Crippen LogP contribution in [0.15, 0.2) is 42.5 Å². The van der Waals surface area contributed by atoms with Gasteiger partial charge >= 0.3 is 0 Å². The summed E-state index contributed by atoms with van der Waals surface area (Å²) in [5.74, 6) is -0.403. The summed E-state index contributed by atoms with van der Waals surface area (Å²) in [4.78, 5) is 0. The van der Waals surface area contributed by atoms with Crippen LogP contribution in [-0.2, 0) is 6.54 Å². The first kappa shape index (κ1) is 13.3. The molecule has 0 aromatic heterocycles. The highest BCUT2D eigenvalue weighted by atomic mass is 19.1. The first-order chi connectivity index (χ1) is 9.20. The fraction of sp³-hybridized carbons (Fsp3) is 0.200. The van der Waals surface area contributed by atoms with E-state index in [1.807, 2.05) is 31.2 Å². The van der Waals surface area contributed by atoms with Gasteiger partial charge in [-0.05, 0) is 36.8 Å². The van der Waals surface area contributed by atoms with Gasteiger partial charge in [-0.2, -0.15) is 0 Å². The molecule has 2 aromatic rings. The molecular formula is C15H15F2NO. The molecular weight excluding hydrogens is 248 g/mol. The van der Waals surface area contributed by atoms with E-state index in [2.05, 4.69) is 5.32 Å². The second-order valence-corrected chi connectivity index (χ2v) is 4.03. The lowest BCUT2D eigenvalue weighted by atomic mass is 10.2. The van der Waals surface area contributed by atoms with E-state index >= 15 is 0 Å². The zero-order chi connectivity index (χ0) is 13.7. The van der Waals surface area contributed by atoms with Crippen LogP contribution in [0.3, 0.4) is 0 Å². The Labute approximate surface area is 111 Å². The van der Waals surface area contributed by atoms with Gasteiger partial charge in [0.05, 0.1) is 6.61 Å². The third-order valence-electron chi connectivity index (χ3n) is 2.67. The van der Waals surface area contributed by atoms with Crippen molar-refractivity contribution < 1.29 is 13.5 Å². The highest BCUT2D eigenvalue weighted by Gasteiger charge is 2.07. The van der Waals surface area contributed by atoms with Crippen LogP contribution >= 0.6 is 0 Å². The number of para-hydroxylation sites is 1. The Morgan fingerprint density at radius 2 is 1.63 bits per heavy atom. The van der Waals surface area contributed by atoms with Gasteiger partial charge in [0.15, 0.2) is 0 Å². The van der Waals surface area contributed by atoms with Crippen LogP contribution in [0.1, 0.15) is 12.5 Å². The molecule has 4 heteroatoms. The standard InChI is InChI=1S/C15H15F2NO/c1-2-19-12-8-6-11(7-9-12)10-18-15-13(16)4-3-5-14(15)17/h3-9,18H,2,10H2,1H3. The lowest BCUT2D eigenvalue weighted by Crippen LogP contribution is -2.03. The number of anilines is 1. The molecule has 0 saturated heterocycles. The molecule has 0 radical (unpaired) electrons. The molecule has 0 unspecified atom stereocenters. The first-order valence-electron chi connectivity index (χ1n) is 6.10. The summed E-state index contributed by atoms with van der Waals surface area (Å²) in [7, 11) is 0. The van der Waals surface area contributed by atoms with E-state index in [1.54, 1.807) is 0 Å². The largest absolute Gasteiger partial charge is 0.494 e. The molecule has 2 aromatic carbocycles. The summed E-state index contributed by atoms with van der Waals surface area (Å²) in [6.45, 7) is 2.87. The zero-order valence-electron chi connectivity index (χ0n) is 10.6. The van der Waals surface area contributed by atoms with Crippen molar-refractivity contribution in [2.45, 2.75) is 13.5 Å². The highest BCUT2D eigenvalue weighted by molar-refractivity contribution is 5.46. The van der Waals surface area contributed by atoms with Crippen molar-refractivity contribution >= 4 is 5.69 Å². The average Bonchev–Trinajstić information content (AvgIpc) is 2.40. The van der Waals surface area contributed by atoms with Gasteiger partial charge < -0.3 is 10.1 Å². The number of hydrogen-bond donors (Lipinski definition) is 1. The van der Waals surface area contributed by atoms with Crippen molar-refractivity contribution in [1.82, 2.24) is 0 Å². The molecule has 0 aliphatic heterocycles. The van der Waals surface area contributed by atoms with Crippen LogP contribution in [0.25, 0.3) is 0 Å². The number of halogens is 2. The maximum atomic E-state index is 13.4. The summed E-state index contributed by atoms with van der Waals surface area (Å²) < 4.78 is 32.1. The summed E-state index contributed by atoms with van der Waals surface area (Å²) >= 11 is 0. The Balaban J connectivity index is 2.02. The molecule has 0 aliphatic rings. The molecule has 2 rings (SSSR count). The van der Waals surface area contributed by atoms with Crippen molar-refractivity contribution in [3.05, 3.63) is 59.7 Å². The summed E-state index contributed by atoms with van der Waals surface area (Å²) in [6.07, 6.45) is 0. The number of hydrogen-bond acceptors (Lipinski definition) is 2.